The SMILES string of the molecule is CC1=C[C]([Ti+3])(C(c2cc(C)cc(C)c2)c2cc(C)cc(C)c2)C(C)=C1.[Cl-].[Cl-].[Cl-]. The number of halogens is 3. The zero-order valence-corrected chi connectivity index (χ0v) is 21.2. The van der Waals surface area contributed by atoms with E-state index in [0.29, 0.717) is 5.92 Å². The van der Waals surface area contributed by atoms with E-state index in [0.717, 1.165) is 0 Å². The molecule has 1 unspecified atom stereocenters. The maximum atomic E-state index is 2.46. The Kier molecular flexibility index (Phi) is 10.3. The average molecular weight is 470 g/mol. The second kappa shape index (κ2) is 10.5. The Labute approximate surface area is 200 Å². The number of hydrogen-bond acceptors (Lipinski definition) is 0. The Balaban J connectivity index is 0.00000243. The summed E-state index contributed by atoms with van der Waals surface area (Å²) in [5.74, 6) is 0.332. The van der Waals surface area contributed by atoms with Gasteiger partial charge in [-0.25, -0.2) is 0 Å². The fourth-order valence-corrected chi connectivity index (χ4v) is 5.35. The zero-order chi connectivity index (χ0) is 18.4. The van der Waals surface area contributed by atoms with Crippen molar-refractivity contribution in [3.8, 4) is 0 Å². The molecule has 3 rings (SSSR count). The summed E-state index contributed by atoms with van der Waals surface area (Å²) in [5, 5.41) is 0. The Hall–Kier alpha value is -0.496. The third-order valence-electron chi connectivity index (χ3n) is 5.16. The van der Waals surface area contributed by atoms with E-state index in [1.165, 1.54) is 44.5 Å². The molecule has 0 amide bonds. The zero-order valence-electron chi connectivity index (χ0n) is 17.3. The number of aryl methyl sites for hydroxylation is 4. The summed E-state index contributed by atoms with van der Waals surface area (Å²) in [4.78, 5) is 0. The maximum absolute atomic E-state index is 2.46. The van der Waals surface area contributed by atoms with Gasteiger partial charge in [-0.3, -0.25) is 0 Å². The van der Waals surface area contributed by atoms with E-state index in [-0.39, 0.29) is 40.9 Å². The smallest absolute Gasteiger partial charge is 1.00 e. The molecular weight excluding hydrogens is 442 g/mol. The van der Waals surface area contributed by atoms with Gasteiger partial charge in [0.15, 0.2) is 0 Å². The molecule has 0 N–H and O–H groups in total. The van der Waals surface area contributed by atoms with E-state index < -0.39 is 0 Å². The summed E-state index contributed by atoms with van der Waals surface area (Å²) < 4.78 is 0.0184. The van der Waals surface area contributed by atoms with Crippen LogP contribution in [0, 0.1) is 27.7 Å². The molecule has 0 saturated carbocycles. The third kappa shape index (κ3) is 5.56. The van der Waals surface area contributed by atoms with Crippen molar-refractivity contribution in [2.45, 2.75) is 51.2 Å². The minimum absolute atomic E-state index is 0. The van der Waals surface area contributed by atoms with Crippen LogP contribution < -0.4 is 37.2 Å². The van der Waals surface area contributed by atoms with Crippen molar-refractivity contribution in [2.75, 3.05) is 0 Å². The molecule has 28 heavy (non-hydrogen) atoms. The van der Waals surface area contributed by atoms with Crippen molar-refractivity contribution in [1.29, 1.82) is 0 Å². The van der Waals surface area contributed by atoms with Gasteiger partial charge in [0.25, 0.3) is 0 Å². The van der Waals surface area contributed by atoms with Crippen LogP contribution in [-0.2, 0) is 20.4 Å². The van der Waals surface area contributed by atoms with Crippen LogP contribution in [0.25, 0.3) is 0 Å². The van der Waals surface area contributed by atoms with Crippen molar-refractivity contribution in [1.82, 2.24) is 0 Å². The van der Waals surface area contributed by atoms with E-state index >= 15 is 0 Å². The van der Waals surface area contributed by atoms with Crippen LogP contribution >= 0.6 is 0 Å². The van der Waals surface area contributed by atoms with Crippen LogP contribution in [0.1, 0.15) is 53.1 Å². The largest absolute Gasteiger partial charge is 1.00 e. The van der Waals surface area contributed by atoms with Crippen LogP contribution in [-0.4, -0.2) is 0 Å². The second-order valence-electron chi connectivity index (χ2n) is 7.86. The van der Waals surface area contributed by atoms with Crippen molar-refractivity contribution in [2.24, 2.45) is 0 Å². The first-order valence-electron chi connectivity index (χ1n) is 8.98. The molecule has 1 aliphatic rings. The summed E-state index contributed by atoms with van der Waals surface area (Å²) in [5.41, 5.74) is 11.0. The average Bonchev–Trinajstić information content (AvgIpc) is 2.69. The van der Waals surface area contributed by atoms with Gasteiger partial charge >= 0.3 is 165 Å². The molecule has 0 fully saturated rings. The third-order valence-corrected chi connectivity index (χ3v) is 6.45. The summed E-state index contributed by atoms with van der Waals surface area (Å²) in [6.07, 6.45) is 4.81. The molecule has 0 nitrogen and oxygen atoms in total. The first-order valence-corrected chi connectivity index (χ1v) is 9.77. The Morgan fingerprint density at radius 3 is 1.29 bits per heavy atom. The van der Waals surface area contributed by atoms with Gasteiger partial charge in [0.1, 0.15) is 0 Å². The Morgan fingerprint density at radius 2 is 1.00 bits per heavy atom. The molecule has 2 aromatic rings. The normalized spacial score (nSPS) is 17.9. The standard InChI is InChI=1S/C24H27.3ClH.Ti/c1-15-7-16(2)11-21(10-15)24(23-14-19(5)9-20(23)6)22-12-17(3)8-18(4)13-22;;;;/h7-14,24H,1-6H3;3*1H;/q;;;;+3/p-3. The van der Waals surface area contributed by atoms with Gasteiger partial charge in [-0.05, 0) is 0 Å². The van der Waals surface area contributed by atoms with Gasteiger partial charge in [-0.2, -0.15) is 0 Å². The summed E-state index contributed by atoms with van der Waals surface area (Å²) in [7, 11) is 0. The molecule has 0 aliphatic heterocycles. The summed E-state index contributed by atoms with van der Waals surface area (Å²) >= 11 is 2.40. The minimum atomic E-state index is 0. The van der Waals surface area contributed by atoms with Crippen molar-refractivity contribution in [3.63, 3.8) is 0 Å². The van der Waals surface area contributed by atoms with Gasteiger partial charge in [0, 0.05) is 0 Å². The molecule has 0 aromatic heterocycles. The van der Waals surface area contributed by atoms with E-state index in [2.05, 4.69) is 111 Å². The van der Waals surface area contributed by atoms with Gasteiger partial charge in [0.05, 0.1) is 0 Å². The molecule has 0 heterocycles. The topological polar surface area (TPSA) is 0 Å². The summed E-state index contributed by atoms with van der Waals surface area (Å²) in [6.45, 7) is 13.3. The van der Waals surface area contributed by atoms with E-state index in [4.69, 9.17) is 0 Å². The van der Waals surface area contributed by atoms with Crippen molar-refractivity contribution in [3.05, 3.63) is 93.1 Å². The fraction of sp³-hybridized carbons (Fsp3) is 0.333. The molecule has 148 valence electrons. The maximum Gasteiger partial charge on any atom is -1.00 e. The van der Waals surface area contributed by atoms with E-state index in [1.54, 1.807) is 0 Å². The number of rotatable bonds is 3. The Morgan fingerprint density at radius 1 is 0.643 bits per heavy atom. The molecule has 1 aliphatic carbocycles. The van der Waals surface area contributed by atoms with Gasteiger partial charge in [-0.15, -0.1) is 0 Å². The van der Waals surface area contributed by atoms with Crippen LogP contribution in [0.2, 0.25) is 3.72 Å². The first kappa shape index (κ1) is 27.5. The van der Waals surface area contributed by atoms with Crippen molar-refractivity contribution < 1.29 is 57.7 Å². The van der Waals surface area contributed by atoms with E-state index in [9.17, 15) is 0 Å². The van der Waals surface area contributed by atoms with Gasteiger partial charge < -0.3 is 37.2 Å². The molecule has 1 atom stereocenters. The molecular formula is C24H27Cl3Ti. The fourth-order valence-electron chi connectivity index (χ4n) is 4.36. The van der Waals surface area contributed by atoms with Gasteiger partial charge in [0.2, 0.25) is 0 Å². The van der Waals surface area contributed by atoms with Crippen LogP contribution in [0.3, 0.4) is 0 Å². The predicted octanol–water partition coefficient (Wildman–Crippen LogP) is -2.32. The predicted molar refractivity (Wildman–Crippen MR) is 104 cm³/mol. The first-order chi connectivity index (χ1) is 11.7. The molecule has 0 saturated heterocycles. The van der Waals surface area contributed by atoms with Gasteiger partial charge in [-0.1, -0.05) is 0 Å². The monoisotopic (exact) mass is 468 g/mol. The molecule has 4 heteroatoms. The second-order valence-corrected chi connectivity index (χ2v) is 9.15. The molecule has 0 radical (unpaired) electrons. The molecule has 0 bridgehead atoms. The number of benzene rings is 2. The quantitative estimate of drug-likeness (QED) is 0.443. The number of allylic oxidation sites excluding steroid dienone is 4. The van der Waals surface area contributed by atoms with Crippen LogP contribution in [0.15, 0.2) is 59.7 Å². The number of hydrogen-bond donors (Lipinski definition) is 0. The van der Waals surface area contributed by atoms with Crippen LogP contribution in [0.4, 0.5) is 0 Å². The molecule has 2 aromatic carbocycles. The van der Waals surface area contributed by atoms with E-state index in [1.807, 2.05) is 0 Å². The summed E-state index contributed by atoms with van der Waals surface area (Å²) in [6, 6.07) is 14.0. The van der Waals surface area contributed by atoms with Crippen LogP contribution in [0.5, 0.6) is 0 Å². The minimum Gasteiger partial charge on any atom is -1.00 e. The van der Waals surface area contributed by atoms with Crippen molar-refractivity contribution >= 4 is 0 Å². The molecule has 0 spiro atoms. The Bertz CT molecular complexity index is 807.